The van der Waals surface area contributed by atoms with E-state index in [0.29, 0.717) is 12.3 Å². The van der Waals surface area contributed by atoms with Crippen LogP contribution in [0.4, 0.5) is 0 Å². The Bertz CT molecular complexity index is 704. The Morgan fingerprint density at radius 1 is 1.22 bits per heavy atom. The Kier molecular flexibility index (Phi) is 5.25. The van der Waals surface area contributed by atoms with Crippen LogP contribution in [-0.2, 0) is 4.79 Å². The molecule has 0 atom stereocenters. The predicted octanol–water partition coefficient (Wildman–Crippen LogP) is 3.62. The third kappa shape index (κ3) is 4.31. The normalized spacial score (nSPS) is 14.3. The summed E-state index contributed by atoms with van der Waals surface area (Å²) in [7, 11) is 0. The molecule has 1 aromatic carbocycles. The molecular weight excluding hydrogens is 288 g/mol. The zero-order chi connectivity index (χ0) is 15.9. The molecule has 4 heteroatoms. The molecule has 23 heavy (non-hydrogen) atoms. The number of carbonyl (C=O) groups is 1. The summed E-state index contributed by atoms with van der Waals surface area (Å²) in [6.07, 6.45) is 9.91. The predicted molar refractivity (Wildman–Crippen MR) is 91.4 cm³/mol. The van der Waals surface area contributed by atoms with Crippen molar-refractivity contribution >= 4 is 16.8 Å². The Labute approximate surface area is 136 Å². The topological polar surface area (TPSA) is 51.2 Å². The lowest BCUT2D eigenvalue weighted by atomic mass is 9.97. The van der Waals surface area contributed by atoms with E-state index in [1.807, 2.05) is 30.3 Å². The summed E-state index contributed by atoms with van der Waals surface area (Å²) in [4.78, 5) is 16.2. The molecule has 0 spiro atoms. The minimum absolute atomic E-state index is 0.0226. The highest BCUT2D eigenvalue weighted by Crippen LogP contribution is 2.22. The lowest BCUT2D eigenvalue weighted by Crippen LogP contribution is -2.30. The van der Waals surface area contributed by atoms with Crippen LogP contribution in [0.1, 0.15) is 32.1 Å². The summed E-state index contributed by atoms with van der Waals surface area (Å²) in [5, 5.41) is 3.93. The molecule has 0 bridgehead atoms. The third-order valence-electron chi connectivity index (χ3n) is 4.11. The van der Waals surface area contributed by atoms with Gasteiger partial charge in [-0.15, -0.1) is 0 Å². The van der Waals surface area contributed by atoms with Gasteiger partial charge in [0.15, 0.2) is 6.61 Å². The molecule has 4 nitrogen and oxygen atoms in total. The van der Waals surface area contributed by atoms with Gasteiger partial charge in [0.2, 0.25) is 0 Å². The van der Waals surface area contributed by atoms with Crippen LogP contribution in [-0.4, -0.2) is 24.0 Å². The number of rotatable bonds is 6. The molecule has 0 saturated carbocycles. The first kappa shape index (κ1) is 15.5. The number of allylic oxidation sites excluding steroid dienone is 1. The van der Waals surface area contributed by atoms with Crippen molar-refractivity contribution in [2.45, 2.75) is 32.1 Å². The van der Waals surface area contributed by atoms with Gasteiger partial charge in [0.25, 0.3) is 5.91 Å². The second kappa shape index (κ2) is 7.77. The van der Waals surface area contributed by atoms with Gasteiger partial charge >= 0.3 is 0 Å². The van der Waals surface area contributed by atoms with Crippen molar-refractivity contribution in [2.75, 3.05) is 13.2 Å². The summed E-state index contributed by atoms with van der Waals surface area (Å²) in [6.45, 7) is 0.705. The minimum atomic E-state index is -0.0886. The summed E-state index contributed by atoms with van der Waals surface area (Å²) in [6, 6.07) is 9.60. The van der Waals surface area contributed by atoms with E-state index in [0.717, 1.165) is 17.3 Å². The molecule has 1 aromatic heterocycles. The van der Waals surface area contributed by atoms with E-state index in [9.17, 15) is 4.79 Å². The number of hydrogen-bond donors (Lipinski definition) is 1. The highest BCUT2D eigenvalue weighted by molar-refractivity contribution is 5.85. The lowest BCUT2D eigenvalue weighted by Gasteiger charge is -2.13. The smallest absolute Gasteiger partial charge is 0.257 e. The molecule has 2 aromatic rings. The first-order chi connectivity index (χ1) is 11.3. The number of pyridine rings is 1. The van der Waals surface area contributed by atoms with Gasteiger partial charge in [-0.3, -0.25) is 9.78 Å². The van der Waals surface area contributed by atoms with Gasteiger partial charge in [-0.25, -0.2) is 0 Å². The van der Waals surface area contributed by atoms with Crippen molar-refractivity contribution in [3.05, 3.63) is 48.2 Å². The molecule has 0 fully saturated rings. The standard InChI is InChI=1S/C19H22N2O2/c22-18(20-13-11-15-6-2-1-3-7-15)14-23-17-10-4-8-16-9-5-12-21-19(16)17/h4-6,8-10,12H,1-3,7,11,13-14H2,(H,20,22). The Morgan fingerprint density at radius 2 is 2.13 bits per heavy atom. The van der Waals surface area contributed by atoms with Crippen LogP contribution in [0, 0.1) is 0 Å². The molecule has 1 amide bonds. The highest BCUT2D eigenvalue weighted by Gasteiger charge is 2.07. The number of benzene rings is 1. The van der Waals surface area contributed by atoms with Crippen LogP contribution in [0.2, 0.25) is 0 Å². The van der Waals surface area contributed by atoms with Gasteiger partial charge in [0, 0.05) is 18.1 Å². The number of nitrogens with zero attached hydrogens (tertiary/aromatic N) is 1. The van der Waals surface area contributed by atoms with Crippen molar-refractivity contribution < 1.29 is 9.53 Å². The molecule has 0 aliphatic heterocycles. The van der Waals surface area contributed by atoms with Crippen molar-refractivity contribution in [1.82, 2.24) is 10.3 Å². The number of para-hydroxylation sites is 1. The monoisotopic (exact) mass is 310 g/mol. The fraction of sp³-hybridized carbons (Fsp3) is 0.368. The van der Waals surface area contributed by atoms with E-state index >= 15 is 0 Å². The van der Waals surface area contributed by atoms with Crippen LogP contribution in [0.5, 0.6) is 5.75 Å². The lowest BCUT2D eigenvalue weighted by molar-refractivity contribution is -0.123. The van der Waals surface area contributed by atoms with E-state index in [2.05, 4.69) is 16.4 Å². The van der Waals surface area contributed by atoms with E-state index in [1.54, 1.807) is 6.20 Å². The van der Waals surface area contributed by atoms with Crippen molar-refractivity contribution in [3.63, 3.8) is 0 Å². The van der Waals surface area contributed by atoms with E-state index in [1.165, 1.54) is 31.3 Å². The SMILES string of the molecule is O=C(COc1cccc2cccnc12)NCCC1=CCCCC1. The molecule has 0 unspecified atom stereocenters. The molecule has 0 radical (unpaired) electrons. The first-order valence-electron chi connectivity index (χ1n) is 8.24. The maximum absolute atomic E-state index is 11.9. The fourth-order valence-corrected chi connectivity index (χ4v) is 2.88. The highest BCUT2D eigenvalue weighted by atomic mass is 16.5. The quantitative estimate of drug-likeness (QED) is 0.829. The van der Waals surface area contributed by atoms with E-state index in [4.69, 9.17) is 4.74 Å². The Hall–Kier alpha value is -2.36. The minimum Gasteiger partial charge on any atom is -0.481 e. The van der Waals surface area contributed by atoms with E-state index < -0.39 is 0 Å². The fourth-order valence-electron chi connectivity index (χ4n) is 2.88. The van der Waals surface area contributed by atoms with Crippen molar-refractivity contribution in [1.29, 1.82) is 0 Å². The van der Waals surface area contributed by atoms with Crippen molar-refractivity contribution in [2.24, 2.45) is 0 Å². The number of amides is 1. The van der Waals surface area contributed by atoms with Crippen molar-refractivity contribution in [3.8, 4) is 5.75 Å². The Balaban J connectivity index is 1.47. The molecular formula is C19H22N2O2. The van der Waals surface area contributed by atoms with E-state index in [-0.39, 0.29) is 12.5 Å². The van der Waals surface area contributed by atoms with Gasteiger partial charge in [-0.1, -0.05) is 29.8 Å². The van der Waals surface area contributed by atoms with Gasteiger partial charge in [-0.05, 0) is 44.2 Å². The molecule has 3 rings (SSSR count). The summed E-state index contributed by atoms with van der Waals surface area (Å²) < 4.78 is 5.63. The maximum Gasteiger partial charge on any atom is 0.257 e. The summed E-state index contributed by atoms with van der Waals surface area (Å²) in [5.41, 5.74) is 2.26. The van der Waals surface area contributed by atoms with Crippen LogP contribution in [0.25, 0.3) is 10.9 Å². The Morgan fingerprint density at radius 3 is 3.00 bits per heavy atom. The molecule has 0 saturated heterocycles. The molecule has 1 aliphatic carbocycles. The third-order valence-corrected chi connectivity index (χ3v) is 4.11. The number of ether oxygens (including phenoxy) is 1. The van der Waals surface area contributed by atoms with Gasteiger partial charge in [-0.2, -0.15) is 0 Å². The second-order valence-electron chi connectivity index (χ2n) is 5.83. The van der Waals surface area contributed by atoms with Gasteiger partial charge in [0.1, 0.15) is 11.3 Å². The zero-order valence-corrected chi connectivity index (χ0v) is 13.3. The summed E-state index contributed by atoms with van der Waals surface area (Å²) in [5.74, 6) is 0.558. The second-order valence-corrected chi connectivity index (χ2v) is 5.83. The van der Waals surface area contributed by atoms with Gasteiger partial charge in [0.05, 0.1) is 0 Å². The number of carbonyl (C=O) groups excluding carboxylic acids is 1. The average Bonchev–Trinajstić information content (AvgIpc) is 2.61. The van der Waals surface area contributed by atoms with Crippen LogP contribution in [0.15, 0.2) is 48.2 Å². The zero-order valence-electron chi connectivity index (χ0n) is 13.3. The number of fused-ring (bicyclic) bond motifs is 1. The van der Waals surface area contributed by atoms with Crippen LogP contribution < -0.4 is 10.1 Å². The number of nitrogens with one attached hydrogen (secondary N) is 1. The number of hydrogen-bond acceptors (Lipinski definition) is 3. The first-order valence-corrected chi connectivity index (χ1v) is 8.24. The van der Waals surface area contributed by atoms with Crippen LogP contribution >= 0.6 is 0 Å². The van der Waals surface area contributed by atoms with Crippen LogP contribution in [0.3, 0.4) is 0 Å². The summed E-state index contributed by atoms with van der Waals surface area (Å²) >= 11 is 0. The van der Waals surface area contributed by atoms with Gasteiger partial charge < -0.3 is 10.1 Å². The largest absolute Gasteiger partial charge is 0.481 e. The molecule has 1 aliphatic rings. The average molecular weight is 310 g/mol. The number of aromatic nitrogens is 1. The molecule has 120 valence electrons. The maximum atomic E-state index is 11.9. The molecule has 1 N–H and O–H groups in total. The molecule has 1 heterocycles.